The number of aryl methyl sites for hydroxylation is 1. The molecule has 0 aliphatic carbocycles. The molecule has 2 rings (SSSR count). The molecule has 0 saturated carbocycles. The van der Waals surface area contributed by atoms with Crippen LogP contribution in [0.1, 0.15) is 23.1 Å². The highest BCUT2D eigenvalue weighted by Gasteiger charge is 2.15. The van der Waals surface area contributed by atoms with Crippen LogP contribution in [-0.2, 0) is 11.3 Å². The first-order valence-corrected chi connectivity index (χ1v) is 5.80. The smallest absolute Gasteiger partial charge is 0.241 e. The lowest BCUT2D eigenvalue weighted by Crippen LogP contribution is -2.33. The lowest BCUT2D eigenvalue weighted by molar-refractivity contribution is -0.122. The van der Waals surface area contributed by atoms with Gasteiger partial charge in [-0.15, -0.1) is 0 Å². The lowest BCUT2D eigenvalue weighted by Gasteiger charge is -2.11. The molecule has 1 heterocycles. The first kappa shape index (κ1) is 12.4. The summed E-state index contributed by atoms with van der Waals surface area (Å²) in [6.07, 6.45) is 0. The zero-order chi connectivity index (χ0) is 13.0. The maximum Gasteiger partial charge on any atom is 0.241 e. The van der Waals surface area contributed by atoms with Crippen molar-refractivity contribution in [1.82, 2.24) is 5.32 Å². The maximum atomic E-state index is 11.8. The summed E-state index contributed by atoms with van der Waals surface area (Å²) in [5, 5.41) is 2.75. The largest absolute Gasteiger partial charge is 0.465 e. The number of nitrogens with one attached hydrogen (secondary N) is 1. The van der Waals surface area contributed by atoms with Gasteiger partial charge in [0.1, 0.15) is 17.6 Å². The quantitative estimate of drug-likeness (QED) is 0.863. The van der Waals surface area contributed by atoms with Crippen LogP contribution in [-0.4, -0.2) is 5.91 Å². The minimum atomic E-state index is -0.651. The number of hydrogen-bond donors (Lipinski definition) is 2. The van der Waals surface area contributed by atoms with Crippen LogP contribution in [0.4, 0.5) is 0 Å². The second kappa shape index (κ2) is 5.51. The van der Waals surface area contributed by atoms with Gasteiger partial charge in [0.2, 0.25) is 5.91 Å². The van der Waals surface area contributed by atoms with E-state index in [0.29, 0.717) is 6.54 Å². The SMILES string of the molecule is Cc1ccc(CNC(=O)C(N)c2ccccc2)o1. The van der Waals surface area contributed by atoms with E-state index in [-0.39, 0.29) is 5.91 Å². The van der Waals surface area contributed by atoms with Crippen LogP contribution in [0.25, 0.3) is 0 Å². The number of nitrogens with two attached hydrogens (primary N) is 1. The van der Waals surface area contributed by atoms with Crippen LogP contribution in [0.15, 0.2) is 46.9 Å². The van der Waals surface area contributed by atoms with Crippen molar-refractivity contribution in [1.29, 1.82) is 0 Å². The summed E-state index contributed by atoms with van der Waals surface area (Å²) in [7, 11) is 0. The summed E-state index contributed by atoms with van der Waals surface area (Å²) in [5.41, 5.74) is 6.66. The van der Waals surface area contributed by atoms with Crippen molar-refractivity contribution in [3.63, 3.8) is 0 Å². The maximum absolute atomic E-state index is 11.8. The molecule has 4 nitrogen and oxygen atoms in total. The van der Waals surface area contributed by atoms with Crippen molar-refractivity contribution in [3.05, 3.63) is 59.5 Å². The summed E-state index contributed by atoms with van der Waals surface area (Å²) in [6, 6.07) is 12.3. The molecule has 0 bridgehead atoms. The minimum absolute atomic E-state index is 0.213. The Labute approximate surface area is 106 Å². The predicted molar refractivity (Wildman–Crippen MR) is 68.7 cm³/mol. The summed E-state index contributed by atoms with van der Waals surface area (Å²) in [4.78, 5) is 11.8. The van der Waals surface area contributed by atoms with Gasteiger partial charge in [0, 0.05) is 0 Å². The fourth-order valence-electron chi connectivity index (χ4n) is 1.68. The number of carbonyl (C=O) groups is 1. The molecule has 0 spiro atoms. The molecule has 0 fully saturated rings. The highest BCUT2D eigenvalue weighted by molar-refractivity contribution is 5.82. The summed E-state index contributed by atoms with van der Waals surface area (Å²) in [5.74, 6) is 1.34. The first-order valence-electron chi connectivity index (χ1n) is 5.80. The van der Waals surface area contributed by atoms with Gasteiger partial charge in [0.15, 0.2) is 0 Å². The Morgan fingerprint density at radius 1 is 1.28 bits per heavy atom. The van der Waals surface area contributed by atoms with Gasteiger partial charge in [-0.05, 0) is 24.6 Å². The molecule has 0 aliphatic heterocycles. The number of furan rings is 1. The molecule has 1 unspecified atom stereocenters. The Morgan fingerprint density at radius 3 is 2.61 bits per heavy atom. The molecule has 94 valence electrons. The van der Waals surface area contributed by atoms with Crippen molar-refractivity contribution >= 4 is 5.91 Å². The van der Waals surface area contributed by atoms with E-state index in [4.69, 9.17) is 10.2 Å². The van der Waals surface area contributed by atoms with E-state index in [1.807, 2.05) is 49.4 Å². The Morgan fingerprint density at radius 2 is 2.00 bits per heavy atom. The Balaban J connectivity index is 1.92. The van der Waals surface area contributed by atoms with Crippen LogP contribution in [0, 0.1) is 6.92 Å². The highest BCUT2D eigenvalue weighted by Crippen LogP contribution is 2.10. The predicted octanol–water partition coefficient (Wildman–Crippen LogP) is 1.90. The van der Waals surface area contributed by atoms with Gasteiger partial charge in [0.25, 0.3) is 0 Å². The zero-order valence-electron chi connectivity index (χ0n) is 10.2. The fourth-order valence-corrected chi connectivity index (χ4v) is 1.68. The standard InChI is InChI=1S/C14H16N2O2/c1-10-7-8-12(18-10)9-16-14(17)13(15)11-5-3-2-4-6-11/h2-8,13H,9,15H2,1H3,(H,16,17). The van der Waals surface area contributed by atoms with Crippen LogP contribution in [0.5, 0.6) is 0 Å². The normalized spacial score (nSPS) is 12.1. The number of amides is 1. The second-order valence-corrected chi connectivity index (χ2v) is 4.12. The van der Waals surface area contributed by atoms with E-state index >= 15 is 0 Å². The molecule has 0 saturated heterocycles. The van der Waals surface area contributed by atoms with Crippen molar-refractivity contribution in [2.45, 2.75) is 19.5 Å². The van der Waals surface area contributed by atoms with Gasteiger partial charge in [0.05, 0.1) is 6.54 Å². The average molecular weight is 244 g/mol. The van der Waals surface area contributed by atoms with Gasteiger partial charge in [-0.3, -0.25) is 4.79 Å². The van der Waals surface area contributed by atoms with Gasteiger partial charge in [-0.2, -0.15) is 0 Å². The van der Waals surface area contributed by atoms with Crippen LogP contribution in [0.3, 0.4) is 0 Å². The van der Waals surface area contributed by atoms with Crippen LogP contribution in [0.2, 0.25) is 0 Å². The van der Waals surface area contributed by atoms with Crippen molar-refractivity contribution in [2.24, 2.45) is 5.73 Å². The van der Waals surface area contributed by atoms with E-state index in [9.17, 15) is 4.79 Å². The third-order valence-corrected chi connectivity index (χ3v) is 2.67. The van der Waals surface area contributed by atoms with E-state index < -0.39 is 6.04 Å². The average Bonchev–Trinajstić information content (AvgIpc) is 2.82. The summed E-state index contributed by atoms with van der Waals surface area (Å²) >= 11 is 0. The van der Waals surface area contributed by atoms with Gasteiger partial charge in [-0.25, -0.2) is 0 Å². The number of benzene rings is 1. The van der Waals surface area contributed by atoms with E-state index in [2.05, 4.69) is 5.32 Å². The first-order chi connectivity index (χ1) is 8.66. The minimum Gasteiger partial charge on any atom is -0.465 e. The molecule has 3 N–H and O–H groups in total. The van der Waals surface area contributed by atoms with Gasteiger partial charge < -0.3 is 15.5 Å². The second-order valence-electron chi connectivity index (χ2n) is 4.12. The molecule has 0 aliphatic rings. The fraction of sp³-hybridized carbons (Fsp3) is 0.214. The third-order valence-electron chi connectivity index (χ3n) is 2.67. The number of rotatable bonds is 4. The molecule has 4 heteroatoms. The lowest BCUT2D eigenvalue weighted by atomic mass is 10.1. The van der Waals surface area contributed by atoms with E-state index in [1.54, 1.807) is 0 Å². The zero-order valence-corrected chi connectivity index (χ0v) is 10.2. The summed E-state index contributed by atoms with van der Waals surface area (Å²) < 4.78 is 5.36. The van der Waals surface area contributed by atoms with Crippen molar-refractivity contribution in [3.8, 4) is 0 Å². The molecular formula is C14H16N2O2. The monoisotopic (exact) mass is 244 g/mol. The van der Waals surface area contributed by atoms with Crippen LogP contribution < -0.4 is 11.1 Å². The molecule has 18 heavy (non-hydrogen) atoms. The van der Waals surface area contributed by atoms with Crippen molar-refractivity contribution in [2.75, 3.05) is 0 Å². The molecule has 1 aromatic carbocycles. The van der Waals surface area contributed by atoms with Crippen molar-refractivity contribution < 1.29 is 9.21 Å². The molecule has 0 radical (unpaired) electrons. The Bertz CT molecular complexity index is 520. The molecule has 2 aromatic rings. The number of hydrogen-bond acceptors (Lipinski definition) is 3. The number of carbonyl (C=O) groups excluding carboxylic acids is 1. The molecular weight excluding hydrogens is 228 g/mol. The Hall–Kier alpha value is -2.07. The Kier molecular flexibility index (Phi) is 3.79. The van der Waals surface area contributed by atoms with Gasteiger partial charge >= 0.3 is 0 Å². The molecule has 1 amide bonds. The van der Waals surface area contributed by atoms with E-state index in [0.717, 1.165) is 17.1 Å². The molecule has 1 atom stereocenters. The molecule has 1 aromatic heterocycles. The highest BCUT2D eigenvalue weighted by atomic mass is 16.3. The van der Waals surface area contributed by atoms with E-state index in [1.165, 1.54) is 0 Å². The summed E-state index contributed by atoms with van der Waals surface area (Å²) in [6.45, 7) is 2.22. The van der Waals surface area contributed by atoms with Gasteiger partial charge in [-0.1, -0.05) is 30.3 Å². The van der Waals surface area contributed by atoms with Crippen LogP contribution >= 0.6 is 0 Å². The topological polar surface area (TPSA) is 68.3 Å². The third kappa shape index (κ3) is 2.99.